The van der Waals surface area contributed by atoms with Crippen LogP contribution in [0.15, 0.2) is 176 Å². The smallest absolute Gasteiger partial charge is 0.0780 e. The Morgan fingerprint density at radius 2 is 0.729 bits per heavy atom. The van der Waals surface area contributed by atoms with Crippen LogP contribution in [0.2, 0.25) is 0 Å². The van der Waals surface area contributed by atoms with Crippen molar-refractivity contribution in [1.29, 1.82) is 0 Å². The zero-order valence-electron chi connectivity index (χ0n) is 26.2. The van der Waals surface area contributed by atoms with Crippen LogP contribution in [0.25, 0.3) is 98.1 Å². The maximum absolute atomic E-state index is 5.02. The minimum absolute atomic E-state index is 1.04. The third kappa shape index (κ3) is 4.22. The first kappa shape index (κ1) is 26.9. The minimum Gasteiger partial charge on any atom is -0.255 e. The zero-order valence-corrected chi connectivity index (χ0v) is 26.2. The van der Waals surface area contributed by atoms with Crippen LogP contribution in [0, 0.1) is 0 Å². The summed E-state index contributed by atoms with van der Waals surface area (Å²) in [4.78, 5) is 5.02. The molecule has 10 aromatic rings. The second kappa shape index (κ2) is 10.6. The van der Waals surface area contributed by atoms with E-state index >= 15 is 0 Å². The first-order valence-corrected chi connectivity index (χ1v) is 16.5. The standard InChI is InChI=1S/C47H29N/c1-3-12-33-25-36(20-17-30(33)9-1)45-41-15-7-8-16-42(41)46(37-21-18-31-10-2-4-13-34(31)26-37)44-28-35(23-24-43(44)45)39-27-38-22-19-32-11-5-6-14-40(32)47(38)48-29-39/h1-29H. The summed E-state index contributed by atoms with van der Waals surface area (Å²) in [5, 5.41) is 13.5. The van der Waals surface area contributed by atoms with Crippen LogP contribution in [0.4, 0.5) is 0 Å². The van der Waals surface area contributed by atoms with Crippen molar-refractivity contribution in [2.24, 2.45) is 0 Å². The molecule has 0 aliphatic heterocycles. The summed E-state index contributed by atoms with van der Waals surface area (Å²) in [5.74, 6) is 0. The lowest BCUT2D eigenvalue weighted by atomic mass is 9.84. The van der Waals surface area contributed by atoms with Crippen LogP contribution in [0.1, 0.15) is 0 Å². The predicted molar refractivity (Wildman–Crippen MR) is 206 cm³/mol. The topological polar surface area (TPSA) is 12.9 Å². The van der Waals surface area contributed by atoms with Gasteiger partial charge in [0.2, 0.25) is 0 Å². The highest BCUT2D eigenvalue weighted by Crippen LogP contribution is 2.45. The van der Waals surface area contributed by atoms with Crippen LogP contribution in [0.3, 0.4) is 0 Å². The summed E-state index contributed by atoms with van der Waals surface area (Å²) in [5.41, 5.74) is 8.30. The van der Waals surface area contributed by atoms with Gasteiger partial charge >= 0.3 is 0 Å². The van der Waals surface area contributed by atoms with E-state index in [1.165, 1.54) is 76.1 Å². The Bertz CT molecular complexity index is 2900. The average Bonchev–Trinajstić information content (AvgIpc) is 3.16. The van der Waals surface area contributed by atoms with E-state index in [2.05, 4.69) is 170 Å². The van der Waals surface area contributed by atoms with Crippen molar-refractivity contribution < 1.29 is 0 Å². The van der Waals surface area contributed by atoms with Crippen molar-refractivity contribution in [3.8, 4) is 33.4 Å². The van der Waals surface area contributed by atoms with Crippen molar-refractivity contribution in [3.05, 3.63) is 176 Å². The average molecular weight is 608 g/mol. The lowest BCUT2D eigenvalue weighted by Crippen LogP contribution is -1.92. The molecule has 10 rings (SSSR count). The Balaban J connectivity index is 1.28. The van der Waals surface area contributed by atoms with Crippen LogP contribution < -0.4 is 0 Å². The van der Waals surface area contributed by atoms with Gasteiger partial charge in [0, 0.05) is 22.5 Å². The lowest BCUT2D eigenvalue weighted by Gasteiger charge is -2.19. The molecule has 0 aliphatic rings. The molecular formula is C47H29N. The van der Waals surface area contributed by atoms with Gasteiger partial charge < -0.3 is 0 Å². The number of pyridine rings is 1. The third-order valence-electron chi connectivity index (χ3n) is 10.0. The maximum Gasteiger partial charge on any atom is 0.0780 e. The van der Waals surface area contributed by atoms with Crippen molar-refractivity contribution in [3.63, 3.8) is 0 Å². The number of aromatic nitrogens is 1. The van der Waals surface area contributed by atoms with Gasteiger partial charge in [-0.05, 0) is 101 Å². The zero-order chi connectivity index (χ0) is 31.6. The van der Waals surface area contributed by atoms with Gasteiger partial charge in [0.15, 0.2) is 0 Å². The number of hydrogen-bond acceptors (Lipinski definition) is 1. The monoisotopic (exact) mass is 607 g/mol. The molecule has 1 heterocycles. The van der Waals surface area contributed by atoms with E-state index in [-0.39, 0.29) is 0 Å². The Labute approximate surface area is 278 Å². The highest BCUT2D eigenvalue weighted by molar-refractivity contribution is 6.22. The molecule has 0 amide bonds. The molecule has 9 aromatic carbocycles. The van der Waals surface area contributed by atoms with Gasteiger partial charge in [0.1, 0.15) is 0 Å². The fourth-order valence-corrected chi connectivity index (χ4v) is 7.70. The normalized spacial score (nSPS) is 11.8. The quantitative estimate of drug-likeness (QED) is 0.144. The Morgan fingerprint density at radius 1 is 0.271 bits per heavy atom. The number of benzene rings is 9. The molecular weight excluding hydrogens is 579 g/mol. The summed E-state index contributed by atoms with van der Waals surface area (Å²) in [6.07, 6.45) is 2.04. The molecule has 1 heteroatoms. The summed E-state index contributed by atoms with van der Waals surface area (Å²) in [7, 11) is 0. The SMILES string of the molecule is c1ccc2cc(-c3c4ccccc4c(-c4ccc5ccccc5c4)c4cc(-c5cnc6c(ccc7ccccc76)c5)ccc34)ccc2c1. The van der Waals surface area contributed by atoms with Gasteiger partial charge in [-0.25, -0.2) is 0 Å². The Hall–Kier alpha value is -6.31. The molecule has 0 fully saturated rings. The van der Waals surface area contributed by atoms with Crippen molar-refractivity contribution in [2.75, 3.05) is 0 Å². The van der Waals surface area contributed by atoms with Crippen molar-refractivity contribution in [1.82, 2.24) is 4.98 Å². The van der Waals surface area contributed by atoms with E-state index in [0.717, 1.165) is 22.0 Å². The molecule has 1 nitrogen and oxygen atoms in total. The second-order valence-corrected chi connectivity index (χ2v) is 12.8. The summed E-state index contributed by atoms with van der Waals surface area (Å²) >= 11 is 0. The summed E-state index contributed by atoms with van der Waals surface area (Å²) in [6.45, 7) is 0. The van der Waals surface area contributed by atoms with Crippen molar-refractivity contribution in [2.45, 2.75) is 0 Å². The van der Waals surface area contributed by atoms with Gasteiger partial charge in [0.25, 0.3) is 0 Å². The van der Waals surface area contributed by atoms with Gasteiger partial charge in [-0.3, -0.25) is 4.98 Å². The van der Waals surface area contributed by atoms with E-state index in [1.807, 2.05) is 6.20 Å². The van der Waals surface area contributed by atoms with Crippen LogP contribution in [-0.2, 0) is 0 Å². The molecule has 0 unspecified atom stereocenters. The molecule has 0 radical (unpaired) electrons. The van der Waals surface area contributed by atoms with E-state index in [0.29, 0.717) is 0 Å². The van der Waals surface area contributed by atoms with Gasteiger partial charge in [0.05, 0.1) is 5.52 Å². The second-order valence-electron chi connectivity index (χ2n) is 12.8. The molecule has 222 valence electrons. The molecule has 0 N–H and O–H groups in total. The van der Waals surface area contributed by atoms with Gasteiger partial charge in [-0.15, -0.1) is 0 Å². The molecule has 1 aromatic heterocycles. The molecule has 0 aliphatic carbocycles. The molecule has 0 saturated carbocycles. The Kier molecular flexibility index (Phi) is 5.94. The highest BCUT2D eigenvalue weighted by Gasteiger charge is 2.18. The predicted octanol–water partition coefficient (Wildman–Crippen LogP) is 13.0. The van der Waals surface area contributed by atoms with E-state index < -0.39 is 0 Å². The van der Waals surface area contributed by atoms with E-state index in [9.17, 15) is 0 Å². The summed E-state index contributed by atoms with van der Waals surface area (Å²) < 4.78 is 0. The number of nitrogens with zero attached hydrogens (tertiary/aromatic N) is 1. The van der Waals surface area contributed by atoms with E-state index in [4.69, 9.17) is 4.98 Å². The fourth-order valence-electron chi connectivity index (χ4n) is 7.70. The first-order chi connectivity index (χ1) is 23.8. The third-order valence-corrected chi connectivity index (χ3v) is 10.0. The van der Waals surface area contributed by atoms with Crippen LogP contribution in [-0.4, -0.2) is 4.98 Å². The molecule has 48 heavy (non-hydrogen) atoms. The van der Waals surface area contributed by atoms with Gasteiger partial charge in [-0.1, -0.05) is 146 Å². The van der Waals surface area contributed by atoms with E-state index in [1.54, 1.807) is 0 Å². The highest BCUT2D eigenvalue weighted by atomic mass is 14.7. The lowest BCUT2D eigenvalue weighted by molar-refractivity contribution is 1.42. The number of hydrogen-bond donors (Lipinski definition) is 0. The number of fused-ring (bicyclic) bond motifs is 7. The molecule has 0 bridgehead atoms. The van der Waals surface area contributed by atoms with Crippen molar-refractivity contribution >= 4 is 64.8 Å². The maximum atomic E-state index is 5.02. The molecule has 0 spiro atoms. The first-order valence-electron chi connectivity index (χ1n) is 16.5. The molecule has 0 atom stereocenters. The fraction of sp³-hybridized carbons (Fsp3) is 0. The van der Waals surface area contributed by atoms with Crippen LogP contribution >= 0.6 is 0 Å². The summed E-state index contributed by atoms with van der Waals surface area (Å²) in [6, 6.07) is 62.1. The van der Waals surface area contributed by atoms with Crippen LogP contribution in [0.5, 0.6) is 0 Å². The largest absolute Gasteiger partial charge is 0.255 e. The van der Waals surface area contributed by atoms with Gasteiger partial charge in [-0.2, -0.15) is 0 Å². The minimum atomic E-state index is 1.04. The molecule has 0 saturated heterocycles. The Morgan fingerprint density at radius 3 is 1.40 bits per heavy atom. The number of rotatable bonds is 3.